The van der Waals surface area contributed by atoms with Gasteiger partial charge in [0.15, 0.2) is 5.78 Å². The lowest BCUT2D eigenvalue weighted by atomic mass is 10.0. The lowest BCUT2D eigenvalue weighted by Gasteiger charge is -2.16. The van der Waals surface area contributed by atoms with Gasteiger partial charge in [-0.25, -0.2) is 4.79 Å². The topological polar surface area (TPSA) is 102 Å². The molecule has 0 radical (unpaired) electrons. The van der Waals surface area contributed by atoms with Gasteiger partial charge in [-0.1, -0.05) is 56.9 Å². The first kappa shape index (κ1) is 29.6. The standard InChI is InChI=1S/C32H37NO6/c1-3-4-5-6-7-20-38-28-18-14-27(15-19-28)32(37)39-29-16-10-24(11-17-29)21-30(23(2)35)33-31(36)26-12-8-25(22-34)9-13-26/h8-19,30,34H,3-7,20-22H2,1-2H3,(H,33,36)/t30-/m0/s1. The van der Waals surface area contributed by atoms with Gasteiger partial charge in [0.05, 0.1) is 24.8 Å². The molecule has 0 saturated heterocycles. The van der Waals surface area contributed by atoms with Crippen molar-refractivity contribution in [1.82, 2.24) is 5.32 Å². The van der Waals surface area contributed by atoms with Crippen LogP contribution in [0.2, 0.25) is 0 Å². The molecule has 0 saturated carbocycles. The fraction of sp³-hybridized carbons (Fsp3) is 0.344. The average Bonchev–Trinajstić information content (AvgIpc) is 2.95. The van der Waals surface area contributed by atoms with Crippen molar-refractivity contribution in [2.24, 2.45) is 0 Å². The molecule has 0 aliphatic heterocycles. The highest BCUT2D eigenvalue weighted by Gasteiger charge is 2.19. The Labute approximate surface area is 230 Å². The van der Waals surface area contributed by atoms with Crippen LogP contribution in [0.15, 0.2) is 72.8 Å². The first-order valence-electron chi connectivity index (χ1n) is 13.4. The number of unbranched alkanes of at least 4 members (excludes halogenated alkanes) is 4. The van der Waals surface area contributed by atoms with Gasteiger partial charge in [-0.05, 0) is 79.4 Å². The number of ketones is 1. The van der Waals surface area contributed by atoms with Crippen molar-refractivity contribution < 1.29 is 29.0 Å². The van der Waals surface area contributed by atoms with Crippen molar-refractivity contribution in [1.29, 1.82) is 0 Å². The molecule has 0 aliphatic rings. The lowest BCUT2D eigenvalue weighted by Crippen LogP contribution is -2.41. The van der Waals surface area contributed by atoms with Crippen molar-refractivity contribution in [2.45, 2.75) is 65.0 Å². The Morgan fingerprint density at radius 2 is 1.36 bits per heavy atom. The van der Waals surface area contributed by atoms with Gasteiger partial charge in [-0.15, -0.1) is 0 Å². The fourth-order valence-electron chi connectivity index (χ4n) is 3.98. The minimum atomic E-state index is -0.708. The quantitative estimate of drug-likeness (QED) is 0.149. The molecule has 0 aliphatic carbocycles. The highest BCUT2D eigenvalue weighted by atomic mass is 16.5. The van der Waals surface area contributed by atoms with Gasteiger partial charge in [0.25, 0.3) is 5.91 Å². The van der Waals surface area contributed by atoms with Gasteiger partial charge in [-0.3, -0.25) is 9.59 Å². The number of hydrogen-bond acceptors (Lipinski definition) is 6. The maximum atomic E-state index is 12.6. The first-order chi connectivity index (χ1) is 18.9. The van der Waals surface area contributed by atoms with E-state index in [1.165, 1.54) is 26.2 Å². The van der Waals surface area contributed by atoms with Gasteiger partial charge in [0.2, 0.25) is 0 Å². The van der Waals surface area contributed by atoms with E-state index < -0.39 is 12.0 Å². The van der Waals surface area contributed by atoms with Crippen molar-refractivity contribution in [3.63, 3.8) is 0 Å². The number of benzene rings is 3. The van der Waals surface area contributed by atoms with E-state index in [-0.39, 0.29) is 18.3 Å². The normalized spacial score (nSPS) is 11.5. The number of esters is 1. The van der Waals surface area contributed by atoms with Crippen molar-refractivity contribution in [3.8, 4) is 11.5 Å². The Bertz CT molecular complexity index is 1200. The molecule has 0 unspecified atom stereocenters. The zero-order valence-electron chi connectivity index (χ0n) is 22.7. The van der Waals surface area contributed by atoms with Gasteiger partial charge >= 0.3 is 5.97 Å². The number of nitrogens with one attached hydrogen (secondary N) is 1. The maximum Gasteiger partial charge on any atom is 0.343 e. The van der Waals surface area contributed by atoms with E-state index in [2.05, 4.69) is 12.2 Å². The van der Waals surface area contributed by atoms with Gasteiger partial charge < -0.3 is 19.9 Å². The summed E-state index contributed by atoms with van der Waals surface area (Å²) in [7, 11) is 0. The number of carbonyl (C=O) groups is 3. The van der Waals surface area contributed by atoms with Crippen molar-refractivity contribution in [3.05, 3.63) is 95.1 Å². The molecule has 0 aromatic heterocycles. The number of hydrogen-bond donors (Lipinski definition) is 2. The summed E-state index contributed by atoms with van der Waals surface area (Å²) in [5.41, 5.74) is 2.33. The first-order valence-corrected chi connectivity index (χ1v) is 13.4. The number of aliphatic hydroxyl groups excluding tert-OH is 1. The number of Topliss-reactive ketones (excluding diaryl/α,β-unsaturated/α-hetero) is 1. The zero-order valence-corrected chi connectivity index (χ0v) is 22.7. The molecule has 3 aromatic carbocycles. The molecule has 3 rings (SSSR count). The molecule has 0 bridgehead atoms. The lowest BCUT2D eigenvalue weighted by molar-refractivity contribution is -0.118. The Morgan fingerprint density at radius 3 is 1.97 bits per heavy atom. The molecular weight excluding hydrogens is 494 g/mol. The molecule has 1 amide bonds. The van der Waals surface area contributed by atoms with E-state index in [1.807, 2.05) is 0 Å². The summed E-state index contributed by atoms with van der Waals surface area (Å²) in [5, 5.41) is 11.9. The number of aliphatic hydroxyl groups is 1. The number of rotatable bonds is 15. The predicted octanol–water partition coefficient (Wildman–Crippen LogP) is 5.68. The summed E-state index contributed by atoms with van der Waals surface area (Å²) < 4.78 is 11.2. The van der Waals surface area contributed by atoms with Crippen LogP contribution >= 0.6 is 0 Å². The van der Waals surface area contributed by atoms with Crippen LogP contribution in [0, 0.1) is 0 Å². The second kappa shape index (κ2) is 15.4. The van der Waals surface area contributed by atoms with Gasteiger partial charge in [0, 0.05) is 5.56 Å². The summed E-state index contributed by atoms with van der Waals surface area (Å²) >= 11 is 0. The SMILES string of the molecule is CCCCCCCOc1ccc(C(=O)Oc2ccc(C[C@H](NC(=O)c3ccc(CO)cc3)C(C)=O)cc2)cc1. The molecule has 2 N–H and O–H groups in total. The second-order valence-electron chi connectivity index (χ2n) is 9.52. The maximum absolute atomic E-state index is 12.6. The van der Waals surface area contributed by atoms with Gasteiger partial charge in [0.1, 0.15) is 11.5 Å². The van der Waals surface area contributed by atoms with Crippen LogP contribution in [0.25, 0.3) is 0 Å². The van der Waals surface area contributed by atoms with Crippen LogP contribution < -0.4 is 14.8 Å². The molecule has 3 aromatic rings. The average molecular weight is 532 g/mol. The summed E-state index contributed by atoms with van der Waals surface area (Å²) in [5.74, 6) is 0.0857. The molecule has 0 spiro atoms. The van der Waals surface area contributed by atoms with Crippen LogP contribution in [-0.2, 0) is 17.8 Å². The Balaban J connectivity index is 1.50. The number of ether oxygens (including phenoxy) is 2. The molecule has 1 atom stereocenters. The number of amides is 1. The molecule has 206 valence electrons. The second-order valence-corrected chi connectivity index (χ2v) is 9.52. The smallest absolute Gasteiger partial charge is 0.343 e. The van der Waals surface area contributed by atoms with E-state index in [0.717, 1.165) is 24.2 Å². The molecule has 0 fully saturated rings. The summed E-state index contributed by atoms with van der Waals surface area (Å²) in [6.45, 7) is 4.17. The zero-order chi connectivity index (χ0) is 28.0. The van der Waals surface area contributed by atoms with Crippen LogP contribution in [0.4, 0.5) is 0 Å². The molecule has 39 heavy (non-hydrogen) atoms. The summed E-state index contributed by atoms with van der Waals surface area (Å²) in [6, 6.07) is 19.6. The predicted molar refractivity (Wildman–Crippen MR) is 150 cm³/mol. The third kappa shape index (κ3) is 9.69. The third-order valence-electron chi connectivity index (χ3n) is 6.38. The molecular formula is C32H37NO6. The van der Waals surface area contributed by atoms with Crippen LogP contribution in [0.3, 0.4) is 0 Å². The minimum absolute atomic E-state index is 0.107. The van der Waals surface area contributed by atoms with E-state index in [1.54, 1.807) is 72.8 Å². The monoisotopic (exact) mass is 531 g/mol. The van der Waals surface area contributed by atoms with Crippen LogP contribution in [-0.4, -0.2) is 35.4 Å². The fourth-order valence-corrected chi connectivity index (χ4v) is 3.98. The van der Waals surface area contributed by atoms with Gasteiger partial charge in [-0.2, -0.15) is 0 Å². The summed E-state index contributed by atoms with van der Waals surface area (Å²) in [6.07, 6.45) is 6.15. The minimum Gasteiger partial charge on any atom is -0.494 e. The van der Waals surface area contributed by atoms with E-state index >= 15 is 0 Å². The summed E-state index contributed by atoms with van der Waals surface area (Å²) in [4.78, 5) is 37.3. The molecule has 7 nitrogen and oxygen atoms in total. The van der Waals surface area contributed by atoms with E-state index in [9.17, 15) is 14.4 Å². The third-order valence-corrected chi connectivity index (χ3v) is 6.38. The van der Waals surface area contributed by atoms with Crippen molar-refractivity contribution in [2.75, 3.05) is 6.61 Å². The van der Waals surface area contributed by atoms with Crippen LogP contribution in [0.1, 0.15) is 77.8 Å². The van der Waals surface area contributed by atoms with Crippen LogP contribution in [0.5, 0.6) is 11.5 Å². The highest BCUT2D eigenvalue weighted by molar-refractivity contribution is 5.97. The highest BCUT2D eigenvalue weighted by Crippen LogP contribution is 2.18. The molecule has 7 heteroatoms. The molecule has 0 heterocycles. The number of carbonyl (C=O) groups excluding carboxylic acids is 3. The van der Waals surface area contributed by atoms with Crippen molar-refractivity contribution >= 4 is 17.7 Å². The largest absolute Gasteiger partial charge is 0.494 e. The van der Waals surface area contributed by atoms with E-state index in [4.69, 9.17) is 14.6 Å². The van der Waals surface area contributed by atoms with E-state index in [0.29, 0.717) is 35.5 Å². The Kier molecular flexibility index (Phi) is 11.7. The Morgan fingerprint density at radius 1 is 0.769 bits per heavy atom. The Hall–Kier alpha value is -3.97.